The summed E-state index contributed by atoms with van der Waals surface area (Å²) in [7, 11) is 1.30. The summed E-state index contributed by atoms with van der Waals surface area (Å²) >= 11 is 0. The monoisotopic (exact) mass is 226 g/mol. The van der Waals surface area contributed by atoms with E-state index in [0.717, 1.165) is 0 Å². The van der Waals surface area contributed by atoms with Crippen LogP contribution in [0.1, 0.15) is 6.42 Å². The number of ether oxygens (including phenoxy) is 2. The van der Waals surface area contributed by atoms with Crippen LogP contribution in [0.3, 0.4) is 0 Å². The summed E-state index contributed by atoms with van der Waals surface area (Å²) in [6.07, 6.45) is 2.71. The highest BCUT2D eigenvalue weighted by Gasteiger charge is 2.43. The topological polar surface area (TPSA) is 76.0 Å². The zero-order valence-electron chi connectivity index (χ0n) is 8.92. The Labute approximate surface area is 93.0 Å². The molecule has 0 aromatic heterocycles. The molecular weight excluding hydrogens is 212 g/mol. The molecule has 0 aromatic rings. The minimum Gasteiger partial charge on any atom is -0.472 e. The molecule has 0 saturated carbocycles. The van der Waals surface area contributed by atoms with Crippen molar-refractivity contribution in [3.63, 3.8) is 0 Å². The molecule has 1 aliphatic carbocycles. The minimum absolute atomic E-state index is 0.129. The predicted octanol–water partition coefficient (Wildman–Crippen LogP) is -0.0533. The average Bonchev–Trinajstić information content (AvgIpc) is 2.73. The second-order valence-corrected chi connectivity index (χ2v) is 3.90. The van der Waals surface area contributed by atoms with Gasteiger partial charge in [-0.1, -0.05) is 6.08 Å². The maximum Gasteiger partial charge on any atom is 0.337 e. The molecule has 0 bridgehead atoms. The van der Waals surface area contributed by atoms with Crippen molar-refractivity contribution in [1.29, 1.82) is 0 Å². The van der Waals surface area contributed by atoms with E-state index in [1.54, 1.807) is 0 Å². The van der Waals surface area contributed by atoms with E-state index in [9.17, 15) is 9.90 Å². The lowest BCUT2D eigenvalue weighted by molar-refractivity contribution is -0.141. The molecule has 0 fully saturated rings. The SMILES string of the molecule is COC(=O)C1=CO[C@@H](O)[C@H]2C(CO)=CC[C@@H]12. The van der Waals surface area contributed by atoms with Gasteiger partial charge in [0, 0.05) is 5.92 Å². The van der Waals surface area contributed by atoms with Gasteiger partial charge in [-0.2, -0.15) is 0 Å². The summed E-state index contributed by atoms with van der Waals surface area (Å²) in [4.78, 5) is 11.5. The third-order valence-electron chi connectivity index (χ3n) is 3.14. The molecule has 88 valence electrons. The molecule has 1 heterocycles. The number of rotatable bonds is 2. The van der Waals surface area contributed by atoms with Crippen molar-refractivity contribution in [1.82, 2.24) is 0 Å². The van der Waals surface area contributed by atoms with E-state index in [4.69, 9.17) is 9.84 Å². The normalized spacial score (nSPS) is 32.3. The van der Waals surface area contributed by atoms with E-state index in [1.165, 1.54) is 13.4 Å². The number of aliphatic hydroxyl groups is 2. The molecule has 0 saturated heterocycles. The minimum atomic E-state index is -1.00. The molecular formula is C11H14O5. The van der Waals surface area contributed by atoms with Gasteiger partial charge in [-0.15, -0.1) is 0 Å². The van der Waals surface area contributed by atoms with Crippen molar-refractivity contribution >= 4 is 5.97 Å². The van der Waals surface area contributed by atoms with Crippen molar-refractivity contribution in [2.45, 2.75) is 12.7 Å². The van der Waals surface area contributed by atoms with Crippen LogP contribution in [-0.4, -0.2) is 36.2 Å². The van der Waals surface area contributed by atoms with Gasteiger partial charge < -0.3 is 19.7 Å². The zero-order chi connectivity index (χ0) is 11.7. The molecule has 0 aromatic carbocycles. The first-order chi connectivity index (χ1) is 7.69. The molecule has 0 spiro atoms. The molecule has 0 unspecified atom stereocenters. The fraction of sp³-hybridized carbons (Fsp3) is 0.545. The third-order valence-corrected chi connectivity index (χ3v) is 3.14. The number of fused-ring (bicyclic) bond motifs is 1. The van der Waals surface area contributed by atoms with Crippen LogP contribution >= 0.6 is 0 Å². The Kier molecular flexibility index (Phi) is 2.98. The van der Waals surface area contributed by atoms with Crippen LogP contribution in [0.5, 0.6) is 0 Å². The van der Waals surface area contributed by atoms with Gasteiger partial charge in [0.2, 0.25) is 6.29 Å². The fourth-order valence-corrected chi connectivity index (χ4v) is 2.32. The molecule has 2 N–H and O–H groups in total. The van der Waals surface area contributed by atoms with Gasteiger partial charge in [-0.05, 0) is 12.0 Å². The molecule has 5 heteroatoms. The summed E-state index contributed by atoms with van der Waals surface area (Å²) in [5.74, 6) is -0.947. The average molecular weight is 226 g/mol. The van der Waals surface area contributed by atoms with Crippen molar-refractivity contribution in [2.75, 3.05) is 13.7 Å². The van der Waals surface area contributed by atoms with E-state index in [1.807, 2.05) is 6.08 Å². The lowest BCUT2D eigenvalue weighted by Crippen LogP contribution is -2.35. The molecule has 2 rings (SSSR count). The number of hydrogen-bond donors (Lipinski definition) is 2. The van der Waals surface area contributed by atoms with Crippen LogP contribution in [0, 0.1) is 11.8 Å². The van der Waals surface area contributed by atoms with Crippen LogP contribution in [0.15, 0.2) is 23.5 Å². The van der Waals surface area contributed by atoms with Gasteiger partial charge in [0.15, 0.2) is 0 Å². The molecule has 2 aliphatic rings. The first-order valence-corrected chi connectivity index (χ1v) is 5.10. The Balaban J connectivity index is 2.26. The number of esters is 1. The van der Waals surface area contributed by atoms with Gasteiger partial charge in [0.25, 0.3) is 0 Å². The highest BCUT2D eigenvalue weighted by Crippen LogP contribution is 2.42. The number of methoxy groups -OCH3 is 1. The Bertz CT molecular complexity index is 357. The number of carbonyl (C=O) groups excluding carboxylic acids is 1. The van der Waals surface area contributed by atoms with E-state index >= 15 is 0 Å². The number of allylic oxidation sites excluding steroid dienone is 1. The first-order valence-electron chi connectivity index (χ1n) is 5.10. The third kappa shape index (κ3) is 1.62. The number of hydrogen-bond acceptors (Lipinski definition) is 5. The van der Waals surface area contributed by atoms with Crippen LogP contribution in [0.4, 0.5) is 0 Å². The molecule has 3 atom stereocenters. The Morgan fingerprint density at radius 3 is 3.06 bits per heavy atom. The Hall–Kier alpha value is -1.33. The van der Waals surface area contributed by atoms with E-state index in [0.29, 0.717) is 17.6 Å². The highest BCUT2D eigenvalue weighted by atomic mass is 16.6. The van der Waals surface area contributed by atoms with Gasteiger partial charge in [-0.25, -0.2) is 4.79 Å². The lowest BCUT2D eigenvalue weighted by atomic mass is 9.83. The van der Waals surface area contributed by atoms with Crippen molar-refractivity contribution < 1.29 is 24.5 Å². The molecule has 0 amide bonds. The van der Waals surface area contributed by atoms with E-state index in [2.05, 4.69) is 4.74 Å². The molecule has 0 radical (unpaired) electrons. The van der Waals surface area contributed by atoms with Gasteiger partial charge >= 0.3 is 5.97 Å². The largest absolute Gasteiger partial charge is 0.472 e. The molecule has 1 aliphatic heterocycles. The van der Waals surface area contributed by atoms with Gasteiger partial charge in [0.05, 0.1) is 31.5 Å². The quantitative estimate of drug-likeness (QED) is 0.510. The smallest absolute Gasteiger partial charge is 0.337 e. The van der Waals surface area contributed by atoms with Crippen LogP contribution in [0.2, 0.25) is 0 Å². The second kappa shape index (κ2) is 4.27. The van der Waals surface area contributed by atoms with Crippen LogP contribution in [-0.2, 0) is 14.3 Å². The maximum atomic E-state index is 11.5. The summed E-state index contributed by atoms with van der Waals surface area (Å²) in [5, 5.41) is 18.8. The highest BCUT2D eigenvalue weighted by molar-refractivity contribution is 5.89. The van der Waals surface area contributed by atoms with Crippen molar-refractivity contribution in [3.05, 3.63) is 23.5 Å². The first kappa shape index (κ1) is 11.2. The Morgan fingerprint density at radius 2 is 2.44 bits per heavy atom. The summed E-state index contributed by atoms with van der Waals surface area (Å²) < 4.78 is 9.65. The predicted molar refractivity (Wildman–Crippen MR) is 54.0 cm³/mol. The van der Waals surface area contributed by atoms with Crippen molar-refractivity contribution in [2.24, 2.45) is 11.8 Å². The summed E-state index contributed by atoms with van der Waals surface area (Å²) in [6, 6.07) is 0. The summed E-state index contributed by atoms with van der Waals surface area (Å²) in [6.45, 7) is -0.129. The lowest BCUT2D eigenvalue weighted by Gasteiger charge is -2.31. The van der Waals surface area contributed by atoms with E-state index < -0.39 is 12.3 Å². The second-order valence-electron chi connectivity index (χ2n) is 3.90. The van der Waals surface area contributed by atoms with E-state index in [-0.39, 0.29) is 18.4 Å². The summed E-state index contributed by atoms with van der Waals surface area (Å²) in [5.41, 5.74) is 1.13. The fourth-order valence-electron chi connectivity index (χ4n) is 2.32. The van der Waals surface area contributed by atoms with Gasteiger partial charge in [0.1, 0.15) is 0 Å². The van der Waals surface area contributed by atoms with Crippen LogP contribution < -0.4 is 0 Å². The standard InChI is InChI=1S/C11H14O5/c1-15-10(13)8-5-16-11(14)9-6(4-12)2-3-7(8)9/h2,5,7,9,11-12,14H,3-4H2,1H3/t7-,9-,11+/m0/s1. The molecule has 16 heavy (non-hydrogen) atoms. The van der Waals surface area contributed by atoms with Crippen molar-refractivity contribution in [3.8, 4) is 0 Å². The zero-order valence-corrected chi connectivity index (χ0v) is 8.92. The number of carbonyl (C=O) groups is 1. The van der Waals surface area contributed by atoms with Gasteiger partial charge in [-0.3, -0.25) is 0 Å². The maximum absolute atomic E-state index is 11.5. The number of aliphatic hydroxyl groups excluding tert-OH is 2. The Morgan fingerprint density at radius 1 is 1.69 bits per heavy atom. The molecule has 5 nitrogen and oxygen atoms in total. The van der Waals surface area contributed by atoms with Crippen LogP contribution in [0.25, 0.3) is 0 Å².